The number of urea groups is 1. The largest absolute Gasteiger partial charge is 0.491 e. The van der Waals surface area contributed by atoms with Gasteiger partial charge in [-0.15, -0.1) is 0 Å². The summed E-state index contributed by atoms with van der Waals surface area (Å²) in [5, 5.41) is 2.99. The maximum atomic E-state index is 13.9. The normalized spacial score (nSPS) is 22.3. The summed E-state index contributed by atoms with van der Waals surface area (Å²) in [6, 6.07) is 11.6. The highest BCUT2D eigenvalue weighted by molar-refractivity contribution is 6.11. The second kappa shape index (κ2) is 7.32. The first-order valence-corrected chi connectivity index (χ1v) is 11.2. The fourth-order valence-electron chi connectivity index (χ4n) is 5.25. The van der Waals surface area contributed by atoms with Gasteiger partial charge < -0.3 is 29.3 Å². The second-order valence-electron chi connectivity index (χ2n) is 8.65. The van der Waals surface area contributed by atoms with Gasteiger partial charge in [-0.2, -0.15) is 0 Å². The number of nitrogens with zero attached hydrogens (tertiary/aromatic N) is 2. The van der Waals surface area contributed by atoms with E-state index in [2.05, 4.69) is 5.32 Å². The van der Waals surface area contributed by atoms with Gasteiger partial charge in [0.25, 0.3) is 0 Å². The Morgan fingerprint density at radius 2 is 1.78 bits per heavy atom. The Hall–Kier alpha value is -3.42. The molecule has 166 valence electrons. The van der Waals surface area contributed by atoms with E-state index in [1.165, 1.54) is 0 Å². The fourth-order valence-corrected chi connectivity index (χ4v) is 5.25. The van der Waals surface area contributed by atoms with Crippen LogP contribution >= 0.6 is 0 Å². The van der Waals surface area contributed by atoms with Crippen LogP contribution in [-0.4, -0.2) is 56.4 Å². The van der Waals surface area contributed by atoms with E-state index >= 15 is 0 Å². The molecule has 0 aromatic heterocycles. The summed E-state index contributed by atoms with van der Waals surface area (Å²) in [7, 11) is 0. The van der Waals surface area contributed by atoms with E-state index in [1.807, 2.05) is 46.2 Å². The Morgan fingerprint density at radius 3 is 2.62 bits per heavy atom. The van der Waals surface area contributed by atoms with Crippen molar-refractivity contribution in [2.75, 3.05) is 44.5 Å². The Balaban J connectivity index is 1.24. The molecule has 2 aromatic rings. The zero-order valence-corrected chi connectivity index (χ0v) is 17.8. The maximum absolute atomic E-state index is 13.9. The topological polar surface area (TPSA) is 80.3 Å². The number of carbonyl (C=O) groups is 2. The molecule has 3 amide bonds. The summed E-state index contributed by atoms with van der Waals surface area (Å²) >= 11 is 0. The third-order valence-electron chi connectivity index (χ3n) is 6.87. The number of likely N-dealkylation sites (tertiary alicyclic amines) is 1. The van der Waals surface area contributed by atoms with Crippen LogP contribution in [0.1, 0.15) is 30.4 Å². The van der Waals surface area contributed by atoms with Gasteiger partial charge in [-0.05, 0) is 37.0 Å². The second-order valence-corrected chi connectivity index (χ2v) is 8.65. The Bertz CT molecular complexity index is 1100. The summed E-state index contributed by atoms with van der Waals surface area (Å²) in [5.74, 6) is 1.95. The number of amides is 3. The van der Waals surface area contributed by atoms with Gasteiger partial charge in [0.15, 0.2) is 11.5 Å². The molecular weight excluding hydrogens is 410 g/mol. The lowest BCUT2D eigenvalue weighted by atomic mass is 9.77. The monoisotopic (exact) mass is 435 g/mol. The molecule has 1 N–H and O–H groups in total. The minimum absolute atomic E-state index is 0.00202. The molecule has 8 heteroatoms. The first-order valence-electron chi connectivity index (χ1n) is 11.2. The van der Waals surface area contributed by atoms with Crippen molar-refractivity contribution < 1.29 is 23.8 Å². The van der Waals surface area contributed by atoms with E-state index in [1.54, 1.807) is 0 Å². The third kappa shape index (κ3) is 2.75. The molecule has 8 nitrogen and oxygen atoms in total. The molecule has 0 saturated carbocycles. The molecule has 1 atom stereocenters. The number of hydrogen-bond acceptors (Lipinski definition) is 5. The zero-order valence-electron chi connectivity index (χ0n) is 17.8. The van der Waals surface area contributed by atoms with E-state index in [9.17, 15) is 9.59 Å². The lowest BCUT2D eigenvalue weighted by molar-refractivity contribution is -0.122. The highest BCUT2D eigenvalue weighted by atomic mass is 16.7. The van der Waals surface area contributed by atoms with E-state index < -0.39 is 5.41 Å². The fraction of sp³-hybridized carbons (Fsp3) is 0.417. The van der Waals surface area contributed by atoms with Gasteiger partial charge in [0.2, 0.25) is 12.7 Å². The highest BCUT2D eigenvalue weighted by Crippen LogP contribution is 2.54. The molecule has 1 saturated heterocycles. The van der Waals surface area contributed by atoms with Crippen molar-refractivity contribution in [2.24, 2.45) is 0 Å². The van der Waals surface area contributed by atoms with Gasteiger partial charge in [-0.1, -0.05) is 18.2 Å². The first-order chi connectivity index (χ1) is 15.7. The van der Waals surface area contributed by atoms with Crippen LogP contribution in [0.25, 0.3) is 0 Å². The van der Waals surface area contributed by atoms with Crippen LogP contribution in [0.5, 0.6) is 17.2 Å². The summed E-state index contributed by atoms with van der Waals surface area (Å²) < 4.78 is 17.1. The van der Waals surface area contributed by atoms with E-state index in [0.29, 0.717) is 36.8 Å². The molecule has 2 aromatic carbocycles. The van der Waals surface area contributed by atoms with Crippen LogP contribution in [0.2, 0.25) is 0 Å². The molecule has 1 unspecified atom stereocenters. The molecule has 0 aliphatic carbocycles. The summed E-state index contributed by atoms with van der Waals surface area (Å²) in [6.45, 7) is 3.13. The van der Waals surface area contributed by atoms with E-state index in [-0.39, 0.29) is 25.3 Å². The van der Waals surface area contributed by atoms with Gasteiger partial charge in [0, 0.05) is 43.5 Å². The number of para-hydroxylation sites is 1. The highest BCUT2D eigenvalue weighted by Gasteiger charge is 2.57. The van der Waals surface area contributed by atoms with Crippen LogP contribution in [0, 0.1) is 0 Å². The average Bonchev–Trinajstić information content (AvgIpc) is 3.59. The van der Waals surface area contributed by atoms with Gasteiger partial charge in [-0.25, -0.2) is 4.79 Å². The minimum Gasteiger partial charge on any atom is -0.491 e. The number of benzene rings is 2. The SMILES string of the molecule is O=C(NCCCN1C(=O)C2(COc3cc4c(cc32)OCO4)c2ccccc21)N1CCCC1. The predicted octanol–water partition coefficient (Wildman–Crippen LogP) is 2.64. The minimum atomic E-state index is -0.883. The molecule has 4 heterocycles. The molecule has 0 radical (unpaired) electrons. The number of nitrogens with one attached hydrogen (secondary N) is 1. The van der Waals surface area contributed by atoms with E-state index in [0.717, 1.165) is 42.7 Å². The van der Waals surface area contributed by atoms with E-state index in [4.69, 9.17) is 14.2 Å². The molecule has 32 heavy (non-hydrogen) atoms. The first kappa shape index (κ1) is 19.3. The van der Waals surface area contributed by atoms with Crippen LogP contribution in [0.15, 0.2) is 36.4 Å². The number of ether oxygens (including phenoxy) is 3. The number of hydrogen-bond donors (Lipinski definition) is 1. The van der Waals surface area contributed by atoms with Gasteiger partial charge in [-0.3, -0.25) is 4.79 Å². The standard InChI is InChI=1S/C24H25N3O5/c28-22-24(14-30-19-13-21-20(12-17(19)24)31-15-32-21)16-6-1-2-7-18(16)27(22)11-5-8-25-23(29)26-9-3-4-10-26/h1-2,6-7,12-13H,3-5,8-11,14-15H2,(H,25,29). The lowest BCUT2D eigenvalue weighted by Crippen LogP contribution is -2.44. The quantitative estimate of drug-likeness (QED) is 0.747. The van der Waals surface area contributed by atoms with Crippen LogP contribution in [0.3, 0.4) is 0 Å². The maximum Gasteiger partial charge on any atom is 0.317 e. The summed E-state index contributed by atoms with van der Waals surface area (Å²) in [5.41, 5.74) is 1.79. The predicted molar refractivity (Wildman–Crippen MR) is 116 cm³/mol. The Morgan fingerprint density at radius 1 is 1.00 bits per heavy atom. The summed E-state index contributed by atoms with van der Waals surface area (Å²) in [6.07, 6.45) is 2.81. The van der Waals surface area contributed by atoms with Gasteiger partial charge in [0.1, 0.15) is 17.8 Å². The third-order valence-corrected chi connectivity index (χ3v) is 6.87. The van der Waals surface area contributed by atoms with Crippen LogP contribution in [-0.2, 0) is 10.2 Å². The number of carbonyl (C=O) groups excluding carboxylic acids is 2. The number of fused-ring (bicyclic) bond motifs is 5. The van der Waals surface area contributed by atoms with Crippen molar-refractivity contribution in [3.8, 4) is 17.2 Å². The van der Waals surface area contributed by atoms with Crippen LogP contribution < -0.4 is 24.4 Å². The molecule has 0 bridgehead atoms. The number of anilines is 1. The summed E-state index contributed by atoms with van der Waals surface area (Å²) in [4.78, 5) is 29.8. The van der Waals surface area contributed by atoms with Crippen molar-refractivity contribution in [1.29, 1.82) is 0 Å². The zero-order chi connectivity index (χ0) is 21.7. The molecule has 4 aliphatic heterocycles. The van der Waals surface area contributed by atoms with Gasteiger partial charge in [0.05, 0.1) is 0 Å². The molecular formula is C24H25N3O5. The lowest BCUT2D eigenvalue weighted by Gasteiger charge is -2.23. The molecule has 1 spiro atoms. The van der Waals surface area contributed by atoms with Crippen molar-refractivity contribution >= 4 is 17.6 Å². The average molecular weight is 435 g/mol. The smallest absolute Gasteiger partial charge is 0.317 e. The molecule has 6 rings (SSSR count). The van der Waals surface area contributed by atoms with Crippen molar-refractivity contribution in [3.05, 3.63) is 47.5 Å². The Labute approximate surface area is 186 Å². The molecule has 4 aliphatic rings. The molecule has 1 fully saturated rings. The van der Waals surface area contributed by atoms with Crippen molar-refractivity contribution in [2.45, 2.75) is 24.7 Å². The number of rotatable bonds is 4. The van der Waals surface area contributed by atoms with Crippen molar-refractivity contribution in [1.82, 2.24) is 10.2 Å². The Kier molecular flexibility index (Phi) is 4.41. The van der Waals surface area contributed by atoms with Crippen LogP contribution in [0.4, 0.5) is 10.5 Å². The van der Waals surface area contributed by atoms with Crippen molar-refractivity contribution in [3.63, 3.8) is 0 Å². The van der Waals surface area contributed by atoms with Gasteiger partial charge >= 0.3 is 6.03 Å².